The Morgan fingerprint density at radius 3 is 2.87 bits per heavy atom. The van der Waals surface area contributed by atoms with E-state index in [1.807, 2.05) is 0 Å². The van der Waals surface area contributed by atoms with Crippen LogP contribution in [0.3, 0.4) is 0 Å². The van der Waals surface area contributed by atoms with E-state index in [4.69, 9.17) is 4.74 Å². The van der Waals surface area contributed by atoms with Crippen LogP contribution in [0.25, 0.3) is 0 Å². The zero-order valence-electron chi connectivity index (χ0n) is 12.2. The molecule has 0 atom stereocenters. The van der Waals surface area contributed by atoms with Crippen LogP contribution in [0.1, 0.15) is 21.7 Å². The van der Waals surface area contributed by atoms with Crippen LogP contribution in [0.15, 0.2) is 23.3 Å². The number of carbonyl (C=O) groups excluding carboxylic acids is 1. The summed E-state index contributed by atoms with van der Waals surface area (Å²) in [6.07, 6.45) is 1.08. The van der Waals surface area contributed by atoms with Crippen molar-refractivity contribution in [2.45, 2.75) is 6.92 Å². The fourth-order valence-corrected chi connectivity index (χ4v) is 1.82. The fourth-order valence-electron chi connectivity index (χ4n) is 1.82. The SMILES string of the molecule is COc1c(O)ccc(C=NNC(=O)c2cc(C)[nH]n2)c1[N+](=O)[O-]. The van der Waals surface area contributed by atoms with E-state index >= 15 is 0 Å². The van der Waals surface area contributed by atoms with E-state index < -0.39 is 16.5 Å². The molecule has 0 saturated carbocycles. The van der Waals surface area contributed by atoms with Gasteiger partial charge in [0.15, 0.2) is 11.4 Å². The van der Waals surface area contributed by atoms with Crippen LogP contribution < -0.4 is 10.2 Å². The number of hydrazone groups is 1. The molecule has 0 saturated heterocycles. The highest BCUT2D eigenvalue weighted by Gasteiger charge is 2.23. The molecule has 0 aliphatic rings. The van der Waals surface area contributed by atoms with Crippen molar-refractivity contribution < 1.29 is 19.6 Å². The average molecular weight is 319 g/mol. The number of hydrogen-bond acceptors (Lipinski definition) is 7. The molecule has 1 aromatic heterocycles. The number of aromatic amines is 1. The van der Waals surface area contributed by atoms with Gasteiger partial charge in [0.05, 0.1) is 23.8 Å². The minimum Gasteiger partial charge on any atom is -0.504 e. The second-order valence-corrected chi connectivity index (χ2v) is 4.45. The highest BCUT2D eigenvalue weighted by atomic mass is 16.6. The van der Waals surface area contributed by atoms with Gasteiger partial charge in [-0.25, -0.2) is 5.43 Å². The van der Waals surface area contributed by atoms with Crippen molar-refractivity contribution in [3.8, 4) is 11.5 Å². The molecule has 1 heterocycles. The summed E-state index contributed by atoms with van der Waals surface area (Å²) in [6.45, 7) is 1.74. The Morgan fingerprint density at radius 2 is 2.30 bits per heavy atom. The molecule has 3 N–H and O–H groups in total. The van der Waals surface area contributed by atoms with E-state index in [0.717, 1.165) is 6.21 Å². The topological polar surface area (TPSA) is 143 Å². The van der Waals surface area contributed by atoms with Crippen LogP contribution >= 0.6 is 0 Å². The van der Waals surface area contributed by atoms with Crippen molar-refractivity contribution in [2.75, 3.05) is 7.11 Å². The molecule has 0 fully saturated rings. The van der Waals surface area contributed by atoms with E-state index in [0.29, 0.717) is 5.69 Å². The van der Waals surface area contributed by atoms with Crippen molar-refractivity contribution in [1.82, 2.24) is 15.6 Å². The molecule has 0 bridgehead atoms. The van der Waals surface area contributed by atoms with E-state index in [9.17, 15) is 20.0 Å². The third-order valence-electron chi connectivity index (χ3n) is 2.84. The van der Waals surface area contributed by atoms with Crippen molar-refractivity contribution in [2.24, 2.45) is 5.10 Å². The first-order valence-electron chi connectivity index (χ1n) is 6.33. The Kier molecular flexibility index (Phi) is 4.55. The molecule has 2 aromatic rings. The van der Waals surface area contributed by atoms with Crippen molar-refractivity contribution in [3.63, 3.8) is 0 Å². The molecule has 0 aliphatic heterocycles. The first kappa shape index (κ1) is 15.9. The maximum Gasteiger partial charge on any atom is 0.323 e. The average Bonchev–Trinajstić information content (AvgIpc) is 2.94. The monoisotopic (exact) mass is 319 g/mol. The minimum absolute atomic E-state index is 0.0585. The summed E-state index contributed by atoms with van der Waals surface area (Å²) in [6, 6.07) is 4.04. The molecule has 1 amide bonds. The normalized spacial score (nSPS) is 10.7. The molecule has 2 rings (SSSR count). The number of nitro groups is 1. The van der Waals surface area contributed by atoms with Crippen LogP contribution in [0.5, 0.6) is 11.5 Å². The first-order chi connectivity index (χ1) is 10.9. The number of phenols is 1. The summed E-state index contributed by atoms with van der Waals surface area (Å²) < 4.78 is 4.82. The van der Waals surface area contributed by atoms with E-state index in [-0.39, 0.29) is 22.8 Å². The van der Waals surface area contributed by atoms with Crippen molar-refractivity contribution in [1.29, 1.82) is 0 Å². The van der Waals surface area contributed by atoms with Gasteiger partial charge in [0.25, 0.3) is 5.91 Å². The summed E-state index contributed by atoms with van der Waals surface area (Å²) >= 11 is 0. The molecular weight excluding hydrogens is 306 g/mol. The Morgan fingerprint density at radius 1 is 1.57 bits per heavy atom. The number of ether oxygens (including phenoxy) is 1. The second-order valence-electron chi connectivity index (χ2n) is 4.45. The lowest BCUT2D eigenvalue weighted by atomic mass is 10.1. The number of carbonyl (C=O) groups is 1. The standard InChI is InChI=1S/C13H13N5O5/c1-7-5-9(16-15-7)13(20)17-14-6-8-3-4-10(19)12(23-2)11(8)18(21)22/h3-6,19H,1-2H3,(H,15,16)(H,17,20). The van der Waals surface area contributed by atoms with Crippen molar-refractivity contribution >= 4 is 17.8 Å². The lowest BCUT2D eigenvalue weighted by Gasteiger charge is -2.05. The lowest BCUT2D eigenvalue weighted by molar-refractivity contribution is -0.386. The number of nitrogens with zero attached hydrogens (tertiary/aromatic N) is 3. The number of aromatic nitrogens is 2. The van der Waals surface area contributed by atoms with Gasteiger partial charge in [-0.05, 0) is 25.1 Å². The molecular formula is C13H13N5O5. The molecule has 0 unspecified atom stereocenters. The molecule has 0 radical (unpaired) electrons. The van der Waals surface area contributed by atoms with Crippen LogP contribution in [-0.4, -0.2) is 39.5 Å². The number of aromatic hydroxyl groups is 1. The van der Waals surface area contributed by atoms with E-state index in [1.165, 1.54) is 25.3 Å². The maximum absolute atomic E-state index is 11.7. The number of methoxy groups -OCH3 is 1. The predicted octanol–water partition coefficient (Wildman–Crippen LogP) is 1.10. The number of rotatable bonds is 5. The first-order valence-corrected chi connectivity index (χ1v) is 6.33. The predicted molar refractivity (Wildman–Crippen MR) is 79.7 cm³/mol. The van der Waals surface area contributed by atoms with Crippen LogP contribution in [-0.2, 0) is 0 Å². The summed E-state index contributed by atoms with van der Waals surface area (Å²) in [5.41, 5.74) is 2.65. The van der Waals surface area contributed by atoms with Gasteiger partial charge in [-0.3, -0.25) is 20.0 Å². The van der Waals surface area contributed by atoms with Gasteiger partial charge in [-0.15, -0.1) is 0 Å². The number of aryl methyl sites for hydroxylation is 1. The molecule has 23 heavy (non-hydrogen) atoms. The van der Waals surface area contributed by atoms with Gasteiger partial charge in [0, 0.05) is 5.69 Å². The number of H-pyrrole nitrogens is 1. The second kappa shape index (κ2) is 6.56. The number of phenolic OH excluding ortho intramolecular Hbond substituents is 1. The zero-order valence-corrected chi connectivity index (χ0v) is 12.2. The van der Waals surface area contributed by atoms with Gasteiger partial charge in [0.1, 0.15) is 0 Å². The van der Waals surface area contributed by atoms with Gasteiger partial charge in [-0.1, -0.05) is 0 Å². The van der Waals surface area contributed by atoms with Crippen molar-refractivity contribution in [3.05, 3.63) is 45.3 Å². The summed E-state index contributed by atoms with van der Waals surface area (Å²) in [5, 5.41) is 30.7. The zero-order chi connectivity index (χ0) is 17.0. The Balaban J connectivity index is 2.22. The smallest absolute Gasteiger partial charge is 0.323 e. The number of amides is 1. The van der Waals surface area contributed by atoms with Crippen LogP contribution in [0.2, 0.25) is 0 Å². The van der Waals surface area contributed by atoms with Gasteiger partial charge in [0.2, 0.25) is 5.75 Å². The van der Waals surface area contributed by atoms with Crippen LogP contribution in [0, 0.1) is 17.0 Å². The Hall–Kier alpha value is -3.43. The van der Waals surface area contributed by atoms with Gasteiger partial charge in [-0.2, -0.15) is 10.2 Å². The molecule has 10 nitrogen and oxygen atoms in total. The van der Waals surface area contributed by atoms with Crippen LogP contribution in [0.4, 0.5) is 5.69 Å². The summed E-state index contributed by atoms with van der Waals surface area (Å²) in [4.78, 5) is 22.2. The van der Waals surface area contributed by atoms with E-state index in [1.54, 1.807) is 6.92 Å². The quantitative estimate of drug-likeness (QED) is 0.428. The summed E-state index contributed by atoms with van der Waals surface area (Å²) in [7, 11) is 1.20. The number of nitrogens with one attached hydrogen (secondary N) is 2. The lowest BCUT2D eigenvalue weighted by Crippen LogP contribution is -2.18. The number of nitro benzene ring substituents is 1. The Bertz CT molecular complexity index is 783. The maximum atomic E-state index is 11.7. The highest BCUT2D eigenvalue weighted by Crippen LogP contribution is 2.37. The molecule has 0 aliphatic carbocycles. The molecule has 1 aromatic carbocycles. The van der Waals surface area contributed by atoms with Gasteiger partial charge >= 0.3 is 5.69 Å². The largest absolute Gasteiger partial charge is 0.504 e. The van der Waals surface area contributed by atoms with E-state index in [2.05, 4.69) is 20.7 Å². The third-order valence-corrected chi connectivity index (χ3v) is 2.84. The molecule has 0 spiro atoms. The third kappa shape index (κ3) is 3.43. The Labute approximate surface area is 129 Å². The fraction of sp³-hybridized carbons (Fsp3) is 0.154. The molecule has 120 valence electrons. The number of benzene rings is 1. The van der Waals surface area contributed by atoms with Gasteiger partial charge < -0.3 is 9.84 Å². The molecule has 10 heteroatoms. The summed E-state index contributed by atoms with van der Waals surface area (Å²) in [5.74, 6) is -1.22. The highest BCUT2D eigenvalue weighted by molar-refractivity contribution is 5.94. The number of hydrogen-bond donors (Lipinski definition) is 3. The minimum atomic E-state index is -0.710.